The molecule has 2 heterocycles. The van der Waals surface area contributed by atoms with E-state index in [1.54, 1.807) is 23.4 Å². The van der Waals surface area contributed by atoms with E-state index in [1.165, 1.54) is 0 Å². The number of hydrogen-bond donors (Lipinski definition) is 0. The number of para-hydroxylation sites is 1. The number of hydrogen-bond acceptors (Lipinski definition) is 5. The van der Waals surface area contributed by atoms with E-state index in [0.717, 1.165) is 41.4 Å². The van der Waals surface area contributed by atoms with Crippen LogP contribution >= 0.6 is 11.8 Å². The van der Waals surface area contributed by atoms with Crippen LogP contribution in [0.25, 0.3) is 10.9 Å². The highest BCUT2D eigenvalue weighted by Crippen LogP contribution is 2.25. The minimum Gasteiger partial charge on any atom is -0.497 e. The Hall–Kier alpha value is -2.31. The van der Waals surface area contributed by atoms with Crippen molar-refractivity contribution < 1.29 is 9.47 Å². The maximum absolute atomic E-state index is 13.1. The fourth-order valence-electron chi connectivity index (χ4n) is 3.32. The number of nitrogens with zero attached hydrogens (tertiary/aromatic N) is 2. The van der Waals surface area contributed by atoms with Crippen molar-refractivity contribution in [3.05, 3.63) is 64.4 Å². The third-order valence-corrected chi connectivity index (χ3v) is 5.79. The molecule has 6 heteroatoms. The molecule has 0 saturated carbocycles. The fraction of sp³-hybridized carbons (Fsp3) is 0.333. The zero-order valence-electron chi connectivity index (χ0n) is 15.3. The quantitative estimate of drug-likeness (QED) is 0.478. The van der Waals surface area contributed by atoms with Crippen molar-refractivity contribution in [2.75, 3.05) is 13.7 Å². The molecule has 140 valence electrons. The first-order valence-corrected chi connectivity index (χ1v) is 10.1. The van der Waals surface area contributed by atoms with Crippen LogP contribution in [0.1, 0.15) is 18.4 Å². The zero-order chi connectivity index (χ0) is 18.6. The van der Waals surface area contributed by atoms with E-state index >= 15 is 0 Å². The number of ether oxygens (including phenoxy) is 2. The molecule has 0 N–H and O–H groups in total. The average molecular weight is 382 g/mol. The lowest BCUT2D eigenvalue weighted by Gasteiger charge is -2.16. The van der Waals surface area contributed by atoms with Crippen LogP contribution in [0.2, 0.25) is 0 Å². The van der Waals surface area contributed by atoms with Crippen molar-refractivity contribution in [1.29, 1.82) is 0 Å². The number of aromatic nitrogens is 2. The van der Waals surface area contributed by atoms with Gasteiger partial charge >= 0.3 is 0 Å². The first-order chi connectivity index (χ1) is 13.2. The van der Waals surface area contributed by atoms with Gasteiger partial charge in [-0.2, -0.15) is 0 Å². The molecule has 5 nitrogen and oxygen atoms in total. The standard InChI is InChI=1S/C21H22N2O3S/c1-25-16-7-4-6-15(12-16)14-27-21-22-19-10-3-2-9-18(19)20(24)23(21)13-17-8-5-11-26-17/h2-4,6-7,9-10,12,17H,5,8,11,13-14H2,1H3/t17-/m0/s1. The smallest absolute Gasteiger partial charge is 0.262 e. The number of fused-ring (bicyclic) bond motifs is 1. The van der Waals surface area contributed by atoms with Crippen LogP contribution in [-0.4, -0.2) is 29.4 Å². The maximum atomic E-state index is 13.1. The molecule has 1 atom stereocenters. The SMILES string of the molecule is COc1cccc(CSc2nc3ccccc3c(=O)n2C[C@@H]2CCCO2)c1. The van der Waals surface area contributed by atoms with Gasteiger partial charge in [0.05, 0.1) is 30.7 Å². The predicted molar refractivity (Wildman–Crippen MR) is 108 cm³/mol. The Kier molecular flexibility index (Phi) is 5.45. The minimum absolute atomic E-state index is 0.00393. The van der Waals surface area contributed by atoms with E-state index in [4.69, 9.17) is 14.5 Å². The molecular weight excluding hydrogens is 360 g/mol. The molecule has 1 aliphatic rings. The van der Waals surface area contributed by atoms with Crippen molar-refractivity contribution in [3.63, 3.8) is 0 Å². The van der Waals surface area contributed by atoms with Crippen LogP contribution in [0, 0.1) is 0 Å². The van der Waals surface area contributed by atoms with E-state index in [9.17, 15) is 4.79 Å². The lowest BCUT2D eigenvalue weighted by molar-refractivity contribution is 0.0937. The number of methoxy groups -OCH3 is 1. The highest BCUT2D eigenvalue weighted by Gasteiger charge is 2.20. The van der Waals surface area contributed by atoms with Crippen LogP contribution in [0.5, 0.6) is 5.75 Å². The molecule has 1 aliphatic heterocycles. The van der Waals surface area contributed by atoms with Gasteiger partial charge in [0.25, 0.3) is 5.56 Å². The van der Waals surface area contributed by atoms with Gasteiger partial charge in [-0.05, 0) is 42.7 Å². The molecule has 0 spiro atoms. The van der Waals surface area contributed by atoms with E-state index in [0.29, 0.717) is 17.7 Å². The van der Waals surface area contributed by atoms with Crippen LogP contribution < -0.4 is 10.3 Å². The van der Waals surface area contributed by atoms with Crippen LogP contribution in [-0.2, 0) is 17.0 Å². The van der Waals surface area contributed by atoms with E-state index in [2.05, 4.69) is 6.07 Å². The summed E-state index contributed by atoms with van der Waals surface area (Å²) < 4.78 is 12.8. The molecule has 0 radical (unpaired) electrons. The van der Waals surface area contributed by atoms with Gasteiger partial charge in [0.1, 0.15) is 5.75 Å². The van der Waals surface area contributed by atoms with E-state index in [-0.39, 0.29) is 11.7 Å². The summed E-state index contributed by atoms with van der Waals surface area (Å²) in [4.78, 5) is 17.9. The number of thioether (sulfide) groups is 1. The third-order valence-electron chi connectivity index (χ3n) is 4.74. The summed E-state index contributed by atoms with van der Waals surface area (Å²) in [6, 6.07) is 15.5. The summed E-state index contributed by atoms with van der Waals surface area (Å²) in [6.45, 7) is 1.32. The summed E-state index contributed by atoms with van der Waals surface area (Å²) in [7, 11) is 1.66. The van der Waals surface area contributed by atoms with Gasteiger partial charge in [-0.25, -0.2) is 4.98 Å². The van der Waals surface area contributed by atoms with Gasteiger partial charge in [0.15, 0.2) is 5.16 Å². The normalized spacial score (nSPS) is 16.7. The van der Waals surface area contributed by atoms with Crippen LogP contribution in [0.15, 0.2) is 58.5 Å². The minimum atomic E-state index is 0.00393. The second-order valence-corrected chi connectivity index (χ2v) is 7.55. The van der Waals surface area contributed by atoms with Crippen molar-refractivity contribution in [1.82, 2.24) is 9.55 Å². The topological polar surface area (TPSA) is 53.3 Å². The largest absolute Gasteiger partial charge is 0.497 e. The molecule has 1 fully saturated rings. The molecule has 1 aromatic heterocycles. The Bertz CT molecular complexity index is 996. The Balaban J connectivity index is 1.67. The Morgan fingerprint density at radius 1 is 1.26 bits per heavy atom. The van der Waals surface area contributed by atoms with E-state index in [1.807, 2.05) is 42.5 Å². The summed E-state index contributed by atoms with van der Waals surface area (Å²) in [5.74, 6) is 1.55. The molecule has 1 saturated heterocycles. The van der Waals surface area contributed by atoms with Crippen molar-refractivity contribution in [3.8, 4) is 5.75 Å². The van der Waals surface area contributed by atoms with Gasteiger partial charge in [0.2, 0.25) is 0 Å². The van der Waals surface area contributed by atoms with Crippen LogP contribution in [0.3, 0.4) is 0 Å². The van der Waals surface area contributed by atoms with Gasteiger partial charge in [0, 0.05) is 12.4 Å². The Labute approximate surface area is 162 Å². The van der Waals surface area contributed by atoms with E-state index < -0.39 is 0 Å². The first kappa shape index (κ1) is 18.1. The van der Waals surface area contributed by atoms with Crippen LogP contribution in [0.4, 0.5) is 0 Å². The summed E-state index contributed by atoms with van der Waals surface area (Å²) in [5, 5.41) is 1.39. The number of rotatable bonds is 6. The molecule has 2 aromatic carbocycles. The molecule has 4 rings (SSSR count). The lowest BCUT2D eigenvalue weighted by Crippen LogP contribution is -2.28. The van der Waals surface area contributed by atoms with Crippen molar-refractivity contribution >= 4 is 22.7 Å². The Morgan fingerprint density at radius 3 is 2.96 bits per heavy atom. The third kappa shape index (κ3) is 4.01. The second kappa shape index (κ2) is 8.15. The molecule has 3 aromatic rings. The van der Waals surface area contributed by atoms with Gasteiger partial charge < -0.3 is 9.47 Å². The highest BCUT2D eigenvalue weighted by atomic mass is 32.2. The zero-order valence-corrected chi connectivity index (χ0v) is 16.1. The van der Waals surface area contributed by atoms with Gasteiger partial charge in [-0.15, -0.1) is 0 Å². The van der Waals surface area contributed by atoms with Crippen molar-refractivity contribution in [2.45, 2.75) is 36.4 Å². The summed E-state index contributed by atoms with van der Waals surface area (Å²) in [5.41, 5.74) is 1.87. The van der Waals surface area contributed by atoms with Gasteiger partial charge in [-0.1, -0.05) is 36.0 Å². The summed E-state index contributed by atoms with van der Waals surface area (Å²) in [6.07, 6.45) is 2.12. The second-order valence-electron chi connectivity index (χ2n) is 6.60. The predicted octanol–water partition coefficient (Wildman–Crippen LogP) is 3.88. The highest BCUT2D eigenvalue weighted by molar-refractivity contribution is 7.98. The Morgan fingerprint density at radius 2 is 2.15 bits per heavy atom. The molecule has 0 amide bonds. The molecule has 27 heavy (non-hydrogen) atoms. The average Bonchev–Trinajstić information content (AvgIpc) is 3.22. The van der Waals surface area contributed by atoms with Gasteiger partial charge in [-0.3, -0.25) is 9.36 Å². The fourth-order valence-corrected chi connectivity index (χ4v) is 4.27. The molecule has 0 bridgehead atoms. The molecular formula is C21H22N2O3S. The first-order valence-electron chi connectivity index (χ1n) is 9.11. The lowest BCUT2D eigenvalue weighted by atomic mass is 10.2. The maximum Gasteiger partial charge on any atom is 0.262 e. The van der Waals surface area contributed by atoms with Crippen molar-refractivity contribution in [2.24, 2.45) is 0 Å². The summed E-state index contributed by atoms with van der Waals surface area (Å²) >= 11 is 1.57. The molecule has 0 unspecified atom stereocenters. The monoisotopic (exact) mass is 382 g/mol. The molecule has 0 aliphatic carbocycles. The number of benzene rings is 2.